The van der Waals surface area contributed by atoms with E-state index in [1.807, 2.05) is 30.3 Å². The highest BCUT2D eigenvalue weighted by Gasteiger charge is 2.21. The van der Waals surface area contributed by atoms with Gasteiger partial charge < -0.3 is 19.4 Å². The van der Waals surface area contributed by atoms with Crippen molar-refractivity contribution in [3.8, 4) is 11.5 Å². The Kier molecular flexibility index (Phi) is 11.7. The Morgan fingerprint density at radius 3 is 1.66 bits per heavy atom. The van der Waals surface area contributed by atoms with Crippen LogP contribution in [0.1, 0.15) is 102 Å². The third kappa shape index (κ3) is 7.99. The molecule has 0 amide bonds. The molecule has 2 aliphatic rings. The summed E-state index contributed by atoms with van der Waals surface area (Å²) in [5.74, 6) is 1.70. The van der Waals surface area contributed by atoms with E-state index < -0.39 is 0 Å². The fourth-order valence-electron chi connectivity index (χ4n) is 6.48. The summed E-state index contributed by atoms with van der Waals surface area (Å²) in [6.07, 6.45) is 16.1. The summed E-state index contributed by atoms with van der Waals surface area (Å²) in [6.45, 7) is 4.24. The van der Waals surface area contributed by atoms with E-state index in [9.17, 15) is 4.79 Å². The molecule has 8 heteroatoms. The lowest BCUT2D eigenvalue weighted by atomic mass is 9.97. The summed E-state index contributed by atoms with van der Waals surface area (Å²) in [5.41, 5.74) is 3.63. The molecule has 0 radical (unpaired) electrons. The maximum Gasteiger partial charge on any atom is 0.255 e. The maximum atomic E-state index is 12.4. The Bertz CT molecular complexity index is 1560. The van der Waals surface area contributed by atoms with Crippen molar-refractivity contribution in [1.82, 2.24) is 9.97 Å². The quantitative estimate of drug-likeness (QED) is 0.185. The first kappa shape index (κ1) is 32.8. The van der Waals surface area contributed by atoms with E-state index >= 15 is 0 Å². The summed E-state index contributed by atoms with van der Waals surface area (Å²) < 4.78 is 13.5. The molecule has 2 saturated carbocycles. The lowest BCUT2D eigenvalue weighted by molar-refractivity contribution is 0.155. The van der Waals surface area contributed by atoms with E-state index in [1.165, 1.54) is 38.5 Å². The zero-order valence-corrected chi connectivity index (χ0v) is 28.2. The number of aromatic amines is 2. The van der Waals surface area contributed by atoms with Gasteiger partial charge in [0.25, 0.3) is 5.56 Å². The highest BCUT2D eigenvalue weighted by atomic mass is 35.5. The zero-order valence-electron chi connectivity index (χ0n) is 25.9. The van der Waals surface area contributed by atoms with Gasteiger partial charge in [-0.25, -0.2) is 0 Å². The Balaban J connectivity index is 0.000000175. The minimum Gasteiger partial charge on any atom is -0.489 e. The van der Waals surface area contributed by atoms with E-state index in [4.69, 9.17) is 44.9 Å². The number of hydrogen-bond donors (Lipinski definition) is 2. The van der Waals surface area contributed by atoms with Crippen molar-refractivity contribution in [2.75, 3.05) is 0 Å². The monoisotopic (exact) mass is 654 g/mol. The number of fused-ring (bicyclic) bond motifs is 2. The number of benzene rings is 2. The largest absolute Gasteiger partial charge is 0.489 e. The number of rotatable bonds is 8. The Labute approximate surface area is 275 Å². The topological polar surface area (TPSA) is 67.1 Å². The van der Waals surface area contributed by atoms with Gasteiger partial charge in [-0.3, -0.25) is 4.79 Å². The van der Waals surface area contributed by atoms with Crippen molar-refractivity contribution < 1.29 is 9.47 Å². The summed E-state index contributed by atoms with van der Waals surface area (Å²) in [5, 5.41) is 3.36. The Hall–Kier alpha value is -2.54. The fourth-order valence-corrected chi connectivity index (χ4v) is 7.13. The lowest BCUT2D eigenvalue weighted by Gasteiger charge is -2.25. The molecular weight excluding hydrogens is 611 g/mol. The molecule has 0 atom stereocenters. The normalized spacial score (nSPS) is 16.1. The molecule has 0 aliphatic heterocycles. The molecule has 0 spiro atoms. The Morgan fingerprint density at radius 2 is 1.16 bits per heavy atom. The Morgan fingerprint density at radius 1 is 0.705 bits per heavy atom. The molecule has 4 aromatic rings. The van der Waals surface area contributed by atoms with Gasteiger partial charge in [-0.15, -0.1) is 0 Å². The molecular formula is C36H44Cl2N2O3S. The van der Waals surface area contributed by atoms with E-state index in [2.05, 4.69) is 23.8 Å². The SMILES string of the molecule is CCCc1c(OC2CCCCC2)c2cc(Cl)ccc2[nH]c1=O.CCCc1c(OC2CCCCC2)c2cc(Cl)ccc2[nH]c1=S. The molecule has 2 aromatic heterocycles. The second-order valence-corrected chi connectivity index (χ2v) is 13.4. The van der Waals surface area contributed by atoms with Gasteiger partial charge in [0.05, 0.1) is 28.8 Å². The fraction of sp³-hybridized carbons (Fsp3) is 0.500. The lowest BCUT2D eigenvalue weighted by Crippen LogP contribution is -2.23. The van der Waals surface area contributed by atoms with Crippen LogP contribution >= 0.6 is 35.4 Å². The van der Waals surface area contributed by atoms with Crippen LogP contribution in [0.2, 0.25) is 10.0 Å². The van der Waals surface area contributed by atoms with Crippen molar-refractivity contribution in [1.29, 1.82) is 0 Å². The maximum absolute atomic E-state index is 12.4. The number of aromatic nitrogens is 2. The van der Waals surface area contributed by atoms with Crippen molar-refractivity contribution in [2.24, 2.45) is 0 Å². The highest BCUT2D eigenvalue weighted by molar-refractivity contribution is 7.71. The highest BCUT2D eigenvalue weighted by Crippen LogP contribution is 2.36. The summed E-state index contributed by atoms with van der Waals surface area (Å²) in [4.78, 5) is 18.7. The van der Waals surface area contributed by atoms with Gasteiger partial charge in [0, 0.05) is 26.4 Å². The number of H-pyrrole nitrogens is 2. The molecule has 236 valence electrons. The second-order valence-electron chi connectivity index (χ2n) is 12.2. The van der Waals surface area contributed by atoms with Crippen molar-refractivity contribution in [3.63, 3.8) is 0 Å². The summed E-state index contributed by atoms with van der Waals surface area (Å²) >= 11 is 17.9. The van der Waals surface area contributed by atoms with Gasteiger partial charge in [-0.2, -0.15) is 0 Å². The summed E-state index contributed by atoms with van der Waals surface area (Å²) in [7, 11) is 0. The van der Waals surface area contributed by atoms with Crippen LogP contribution in [0, 0.1) is 4.64 Å². The number of halogens is 2. The average molecular weight is 656 g/mol. The average Bonchev–Trinajstić information content (AvgIpc) is 3.03. The van der Waals surface area contributed by atoms with Crippen molar-refractivity contribution in [2.45, 2.75) is 116 Å². The van der Waals surface area contributed by atoms with E-state index in [1.54, 1.807) is 6.07 Å². The number of nitrogens with one attached hydrogen (secondary N) is 2. The summed E-state index contributed by atoms with van der Waals surface area (Å²) in [6, 6.07) is 11.4. The molecule has 2 heterocycles. The van der Waals surface area contributed by atoms with Crippen LogP contribution in [0.15, 0.2) is 41.2 Å². The minimum atomic E-state index is -0.0394. The van der Waals surface area contributed by atoms with Gasteiger partial charge in [-0.05, 0) is 101 Å². The first-order chi connectivity index (χ1) is 21.4. The number of ether oxygens (including phenoxy) is 2. The van der Waals surface area contributed by atoms with Gasteiger partial charge in [-0.1, -0.05) is 75.0 Å². The van der Waals surface area contributed by atoms with Crippen LogP contribution in [-0.2, 0) is 12.8 Å². The molecule has 5 nitrogen and oxygen atoms in total. The van der Waals surface area contributed by atoms with Crippen LogP contribution in [0.3, 0.4) is 0 Å². The third-order valence-corrected chi connectivity index (χ3v) is 9.54. The molecule has 6 rings (SSSR count). The second kappa shape index (κ2) is 15.6. The molecule has 2 fully saturated rings. The zero-order chi connectivity index (χ0) is 31.1. The van der Waals surface area contributed by atoms with E-state index in [-0.39, 0.29) is 11.7 Å². The van der Waals surface area contributed by atoms with Gasteiger partial charge in [0.15, 0.2) is 0 Å². The smallest absolute Gasteiger partial charge is 0.255 e. The molecule has 2 N–H and O–H groups in total. The van der Waals surface area contributed by atoms with Crippen LogP contribution < -0.4 is 15.0 Å². The van der Waals surface area contributed by atoms with Crippen molar-refractivity contribution in [3.05, 3.63) is 72.6 Å². The third-order valence-electron chi connectivity index (χ3n) is 8.72. The van der Waals surface area contributed by atoms with Gasteiger partial charge in [0.1, 0.15) is 16.1 Å². The van der Waals surface area contributed by atoms with Gasteiger partial charge in [0.2, 0.25) is 0 Å². The van der Waals surface area contributed by atoms with Crippen LogP contribution in [0.5, 0.6) is 11.5 Å². The van der Waals surface area contributed by atoms with Gasteiger partial charge >= 0.3 is 0 Å². The number of hydrogen-bond acceptors (Lipinski definition) is 4. The minimum absolute atomic E-state index is 0.0394. The molecule has 44 heavy (non-hydrogen) atoms. The van der Waals surface area contributed by atoms with Crippen molar-refractivity contribution >= 4 is 57.2 Å². The molecule has 2 aromatic carbocycles. The first-order valence-corrected chi connectivity index (χ1v) is 17.6. The van der Waals surface area contributed by atoms with E-state index in [0.717, 1.165) is 105 Å². The number of pyridine rings is 2. The standard InChI is InChI=1S/C18H22ClNO2.C18H22ClNOS/c1-2-6-14-17(22-13-7-4-3-5-8-13)15-11-12(19)9-10-16(15)20-18(14)21;1-2-6-14-17(21-13-7-4-3-5-8-13)15-11-12(19)9-10-16(15)20-18(14)22/h9-11,13H,2-8H2,1H3,(H,20,21);9-11,13H,2-8H2,1H3,(H,20,22). The predicted octanol–water partition coefficient (Wildman–Crippen LogP) is 11.1. The molecule has 0 unspecified atom stereocenters. The molecule has 0 bridgehead atoms. The predicted molar refractivity (Wildman–Crippen MR) is 187 cm³/mol. The molecule has 2 aliphatic carbocycles. The van der Waals surface area contributed by atoms with Crippen LogP contribution in [0.4, 0.5) is 0 Å². The van der Waals surface area contributed by atoms with Crippen LogP contribution in [0.25, 0.3) is 21.8 Å². The van der Waals surface area contributed by atoms with E-state index in [0.29, 0.717) is 11.1 Å². The first-order valence-electron chi connectivity index (χ1n) is 16.4. The van der Waals surface area contributed by atoms with Crippen LogP contribution in [-0.4, -0.2) is 22.2 Å². The molecule has 0 saturated heterocycles.